The summed E-state index contributed by atoms with van der Waals surface area (Å²) in [6.45, 7) is 8.46. The molecule has 0 rings (SSSR count). The molecule has 90 valence electrons. The van der Waals surface area contributed by atoms with E-state index in [-0.39, 0.29) is 11.4 Å². The van der Waals surface area contributed by atoms with Crippen LogP contribution in [0.1, 0.15) is 40.0 Å². The molecule has 0 saturated heterocycles. The highest BCUT2D eigenvalue weighted by Gasteiger charge is 2.17. The monoisotopic (exact) mass is 215 g/mol. The van der Waals surface area contributed by atoms with Crippen LogP contribution in [0.3, 0.4) is 0 Å². The van der Waals surface area contributed by atoms with Crippen molar-refractivity contribution >= 4 is 5.91 Å². The third-order valence-corrected chi connectivity index (χ3v) is 2.30. The third-order valence-electron chi connectivity index (χ3n) is 2.30. The number of nitrogens with two attached hydrogens (primary N) is 1. The number of hydrogen-bond donors (Lipinski definition) is 3. The molecule has 0 spiro atoms. The van der Waals surface area contributed by atoms with E-state index in [1.165, 1.54) is 0 Å². The van der Waals surface area contributed by atoms with Crippen molar-refractivity contribution in [3.05, 3.63) is 0 Å². The minimum atomic E-state index is 0.0378. The van der Waals surface area contributed by atoms with Crippen molar-refractivity contribution in [3.63, 3.8) is 0 Å². The fourth-order valence-corrected chi connectivity index (χ4v) is 1.28. The first-order chi connectivity index (χ1) is 7.02. The van der Waals surface area contributed by atoms with Crippen LogP contribution < -0.4 is 16.4 Å². The summed E-state index contributed by atoms with van der Waals surface area (Å²) in [5.41, 5.74) is 5.34. The van der Waals surface area contributed by atoms with E-state index in [2.05, 4.69) is 31.4 Å². The highest BCUT2D eigenvalue weighted by atomic mass is 16.1. The lowest BCUT2D eigenvalue weighted by atomic mass is 9.98. The van der Waals surface area contributed by atoms with Crippen LogP contribution in [0.15, 0.2) is 0 Å². The molecule has 0 aromatic rings. The van der Waals surface area contributed by atoms with E-state index < -0.39 is 0 Å². The van der Waals surface area contributed by atoms with Crippen molar-refractivity contribution < 1.29 is 4.79 Å². The van der Waals surface area contributed by atoms with Crippen molar-refractivity contribution in [2.45, 2.75) is 45.6 Å². The molecular formula is C11H25N3O. The SMILES string of the molecule is CCCNC(C)(C)CCC(=O)NCCN. The van der Waals surface area contributed by atoms with Gasteiger partial charge in [0.05, 0.1) is 0 Å². The van der Waals surface area contributed by atoms with Crippen molar-refractivity contribution in [2.24, 2.45) is 5.73 Å². The number of hydrogen-bond acceptors (Lipinski definition) is 3. The Morgan fingerprint density at radius 3 is 2.53 bits per heavy atom. The summed E-state index contributed by atoms with van der Waals surface area (Å²) in [5, 5.41) is 6.18. The predicted molar refractivity (Wildman–Crippen MR) is 63.7 cm³/mol. The summed E-state index contributed by atoms with van der Waals surface area (Å²) in [6, 6.07) is 0. The molecule has 0 unspecified atom stereocenters. The Morgan fingerprint density at radius 2 is 2.00 bits per heavy atom. The molecule has 0 aromatic carbocycles. The maximum atomic E-state index is 11.3. The lowest BCUT2D eigenvalue weighted by Gasteiger charge is -2.25. The van der Waals surface area contributed by atoms with E-state index in [1.807, 2.05) is 0 Å². The Bertz CT molecular complexity index is 181. The fourth-order valence-electron chi connectivity index (χ4n) is 1.28. The molecule has 0 aliphatic carbocycles. The van der Waals surface area contributed by atoms with Crippen LogP contribution in [-0.4, -0.2) is 31.1 Å². The zero-order valence-corrected chi connectivity index (χ0v) is 10.2. The van der Waals surface area contributed by atoms with Gasteiger partial charge in [0.1, 0.15) is 0 Å². The van der Waals surface area contributed by atoms with Gasteiger partial charge in [-0.1, -0.05) is 6.92 Å². The maximum Gasteiger partial charge on any atom is 0.220 e. The number of nitrogens with one attached hydrogen (secondary N) is 2. The average Bonchev–Trinajstić information content (AvgIpc) is 2.21. The highest BCUT2D eigenvalue weighted by molar-refractivity contribution is 5.75. The van der Waals surface area contributed by atoms with Gasteiger partial charge in [-0.15, -0.1) is 0 Å². The first-order valence-electron chi connectivity index (χ1n) is 5.73. The van der Waals surface area contributed by atoms with Crippen LogP contribution in [0.25, 0.3) is 0 Å². The van der Waals surface area contributed by atoms with E-state index in [1.54, 1.807) is 0 Å². The summed E-state index contributed by atoms with van der Waals surface area (Å²) < 4.78 is 0. The van der Waals surface area contributed by atoms with Crippen LogP contribution >= 0.6 is 0 Å². The maximum absolute atomic E-state index is 11.3. The van der Waals surface area contributed by atoms with Crippen molar-refractivity contribution in [1.82, 2.24) is 10.6 Å². The molecular weight excluding hydrogens is 190 g/mol. The van der Waals surface area contributed by atoms with E-state index in [4.69, 9.17) is 5.73 Å². The minimum Gasteiger partial charge on any atom is -0.355 e. The van der Waals surface area contributed by atoms with Gasteiger partial charge in [0.2, 0.25) is 5.91 Å². The first kappa shape index (κ1) is 14.4. The number of carbonyl (C=O) groups excluding carboxylic acids is 1. The van der Waals surface area contributed by atoms with E-state index in [0.29, 0.717) is 19.5 Å². The lowest BCUT2D eigenvalue weighted by Crippen LogP contribution is -2.41. The molecule has 0 radical (unpaired) electrons. The smallest absolute Gasteiger partial charge is 0.220 e. The average molecular weight is 215 g/mol. The highest BCUT2D eigenvalue weighted by Crippen LogP contribution is 2.10. The molecule has 0 heterocycles. The predicted octanol–water partition coefficient (Wildman–Crippen LogP) is 0.620. The van der Waals surface area contributed by atoms with Crippen LogP contribution in [0.5, 0.6) is 0 Å². The normalized spacial score (nSPS) is 11.5. The Morgan fingerprint density at radius 1 is 1.33 bits per heavy atom. The molecule has 4 N–H and O–H groups in total. The van der Waals surface area contributed by atoms with Gasteiger partial charge in [-0.2, -0.15) is 0 Å². The van der Waals surface area contributed by atoms with Crippen molar-refractivity contribution in [1.29, 1.82) is 0 Å². The summed E-state index contributed by atoms with van der Waals surface area (Å²) in [6.07, 6.45) is 2.52. The molecule has 0 aromatic heterocycles. The second-order valence-corrected chi connectivity index (χ2v) is 4.45. The molecule has 0 fully saturated rings. The molecule has 0 aliphatic heterocycles. The molecule has 0 bridgehead atoms. The number of amides is 1. The first-order valence-corrected chi connectivity index (χ1v) is 5.73. The largest absolute Gasteiger partial charge is 0.355 e. The van der Waals surface area contributed by atoms with E-state index >= 15 is 0 Å². The van der Waals surface area contributed by atoms with E-state index in [9.17, 15) is 4.79 Å². The Hall–Kier alpha value is -0.610. The van der Waals surface area contributed by atoms with Crippen LogP contribution in [0.2, 0.25) is 0 Å². The fraction of sp³-hybridized carbons (Fsp3) is 0.909. The van der Waals surface area contributed by atoms with Gasteiger partial charge in [-0.05, 0) is 33.2 Å². The molecule has 0 atom stereocenters. The third kappa shape index (κ3) is 8.39. The Balaban J connectivity index is 3.67. The van der Waals surface area contributed by atoms with Gasteiger partial charge in [0, 0.05) is 25.0 Å². The van der Waals surface area contributed by atoms with Gasteiger partial charge in [-0.3, -0.25) is 4.79 Å². The van der Waals surface area contributed by atoms with Crippen LogP contribution in [0.4, 0.5) is 0 Å². The zero-order chi connectivity index (χ0) is 11.7. The number of rotatable bonds is 8. The van der Waals surface area contributed by atoms with Crippen molar-refractivity contribution in [3.8, 4) is 0 Å². The van der Waals surface area contributed by atoms with Gasteiger partial charge in [0.25, 0.3) is 0 Å². The summed E-state index contributed by atoms with van der Waals surface area (Å²) in [7, 11) is 0. The Kier molecular flexibility index (Phi) is 7.34. The quantitative estimate of drug-likeness (QED) is 0.556. The molecule has 4 heteroatoms. The topological polar surface area (TPSA) is 67.2 Å². The number of carbonyl (C=O) groups is 1. The lowest BCUT2D eigenvalue weighted by molar-refractivity contribution is -0.121. The van der Waals surface area contributed by atoms with Gasteiger partial charge >= 0.3 is 0 Å². The van der Waals surface area contributed by atoms with Crippen molar-refractivity contribution in [2.75, 3.05) is 19.6 Å². The van der Waals surface area contributed by atoms with E-state index in [0.717, 1.165) is 19.4 Å². The summed E-state index contributed by atoms with van der Waals surface area (Å²) in [4.78, 5) is 11.3. The molecule has 0 aliphatic rings. The molecule has 0 saturated carbocycles. The molecule has 15 heavy (non-hydrogen) atoms. The zero-order valence-electron chi connectivity index (χ0n) is 10.2. The Labute approximate surface area is 93.0 Å². The van der Waals surface area contributed by atoms with Crippen LogP contribution in [-0.2, 0) is 4.79 Å². The van der Waals surface area contributed by atoms with Gasteiger partial charge < -0.3 is 16.4 Å². The summed E-state index contributed by atoms with van der Waals surface area (Å²) in [5.74, 6) is 0.0897. The van der Waals surface area contributed by atoms with Gasteiger partial charge in [0.15, 0.2) is 0 Å². The van der Waals surface area contributed by atoms with Gasteiger partial charge in [-0.25, -0.2) is 0 Å². The van der Waals surface area contributed by atoms with Crippen LogP contribution in [0, 0.1) is 0 Å². The minimum absolute atomic E-state index is 0.0378. The summed E-state index contributed by atoms with van der Waals surface area (Å²) >= 11 is 0. The second-order valence-electron chi connectivity index (χ2n) is 4.45. The molecule has 1 amide bonds. The standard InChI is InChI=1S/C11H25N3O/c1-4-8-14-11(2,3)6-5-10(15)13-9-7-12/h14H,4-9,12H2,1-3H3,(H,13,15). The molecule has 4 nitrogen and oxygen atoms in total. The second kappa shape index (κ2) is 7.65.